The highest BCUT2D eigenvalue weighted by Crippen LogP contribution is 2.24. The molecule has 0 aliphatic rings. The van der Waals surface area contributed by atoms with Gasteiger partial charge < -0.3 is 16.4 Å². The molecule has 0 saturated carbocycles. The first-order chi connectivity index (χ1) is 8.37. The van der Waals surface area contributed by atoms with Crippen LogP contribution in [-0.2, 0) is 15.0 Å². The summed E-state index contributed by atoms with van der Waals surface area (Å²) < 4.78 is 0. The molecule has 4 N–H and O–H groups in total. The van der Waals surface area contributed by atoms with Crippen LogP contribution in [0, 0.1) is 0 Å². The van der Waals surface area contributed by atoms with Gasteiger partial charge in [-0.25, -0.2) is 0 Å². The lowest BCUT2D eigenvalue weighted by atomic mass is 9.83. The Labute approximate surface area is 107 Å². The fraction of sp³-hybridized carbons (Fsp3) is 0.385. The van der Waals surface area contributed by atoms with Gasteiger partial charge in [-0.1, -0.05) is 12.1 Å². The minimum atomic E-state index is -0.707. The number of likely N-dealkylation sites (N-methyl/N-ethyl adjacent to an activating group) is 1. The molecule has 0 unspecified atom stereocenters. The first kappa shape index (κ1) is 14.0. The maximum atomic E-state index is 12.0. The number of benzene rings is 1. The van der Waals surface area contributed by atoms with E-state index in [0.29, 0.717) is 5.69 Å². The average molecular weight is 249 g/mol. The third-order valence-electron chi connectivity index (χ3n) is 2.89. The van der Waals surface area contributed by atoms with Crippen LogP contribution in [-0.4, -0.2) is 25.4 Å². The molecule has 0 spiro atoms. The van der Waals surface area contributed by atoms with Crippen molar-refractivity contribution in [2.45, 2.75) is 19.3 Å². The molecule has 0 aliphatic heterocycles. The number of amides is 2. The molecule has 0 aromatic heterocycles. The highest BCUT2D eigenvalue weighted by Gasteiger charge is 2.29. The van der Waals surface area contributed by atoms with Crippen LogP contribution in [0.5, 0.6) is 0 Å². The lowest BCUT2D eigenvalue weighted by molar-refractivity contribution is -0.128. The van der Waals surface area contributed by atoms with Crippen LogP contribution in [0.25, 0.3) is 0 Å². The quantitative estimate of drug-likeness (QED) is 0.676. The van der Waals surface area contributed by atoms with Crippen LogP contribution in [0.1, 0.15) is 19.4 Å². The summed E-state index contributed by atoms with van der Waals surface area (Å²) in [5, 5.41) is 5.05. The van der Waals surface area contributed by atoms with E-state index in [9.17, 15) is 9.59 Å². The minimum Gasteiger partial charge on any atom is -0.399 e. The Balaban J connectivity index is 2.76. The van der Waals surface area contributed by atoms with Crippen LogP contribution in [0.3, 0.4) is 0 Å². The molecular weight excluding hydrogens is 230 g/mol. The van der Waals surface area contributed by atoms with Crippen LogP contribution in [0.15, 0.2) is 24.3 Å². The predicted octanol–water partition coefficient (Wildman–Crippen LogP) is 0.409. The van der Waals surface area contributed by atoms with Gasteiger partial charge in [-0.2, -0.15) is 0 Å². The predicted molar refractivity (Wildman–Crippen MR) is 71.0 cm³/mol. The van der Waals surface area contributed by atoms with Crippen molar-refractivity contribution in [1.82, 2.24) is 10.6 Å². The molecular formula is C13H19N3O2. The largest absolute Gasteiger partial charge is 0.399 e. The van der Waals surface area contributed by atoms with Gasteiger partial charge in [-0.3, -0.25) is 9.59 Å². The van der Waals surface area contributed by atoms with E-state index in [2.05, 4.69) is 10.6 Å². The molecule has 0 aliphatic carbocycles. The van der Waals surface area contributed by atoms with E-state index in [1.165, 1.54) is 7.05 Å². The van der Waals surface area contributed by atoms with Gasteiger partial charge in [-0.15, -0.1) is 0 Å². The van der Waals surface area contributed by atoms with Gasteiger partial charge >= 0.3 is 0 Å². The third kappa shape index (κ3) is 3.23. The summed E-state index contributed by atoms with van der Waals surface area (Å²) in [6.45, 7) is 3.59. The number of nitrogens with two attached hydrogens (primary N) is 1. The van der Waals surface area contributed by atoms with Gasteiger partial charge in [0.2, 0.25) is 11.8 Å². The van der Waals surface area contributed by atoms with Crippen molar-refractivity contribution in [1.29, 1.82) is 0 Å². The molecule has 1 rings (SSSR count). The smallest absolute Gasteiger partial charge is 0.239 e. The van der Waals surface area contributed by atoms with Crippen molar-refractivity contribution in [2.75, 3.05) is 19.3 Å². The van der Waals surface area contributed by atoms with Crippen LogP contribution < -0.4 is 16.4 Å². The highest BCUT2D eigenvalue weighted by atomic mass is 16.2. The van der Waals surface area contributed by atoms with Crippen molar-refractivity contribution in [3.63, 3.8) is 0 Å². The lowest BCUT2D eigenvalue weighted by Gasteiger charge is -2.24. The number of carbonyl (C=O) groups excluding carboxylic acids is 2. The summed E-state index contributed by atoms with van der Waals surface area (Å²) in [6, 6.07) is 7.13. The highest BCUT2D eigenvalue weighted by molar-refractivity contribution is 5.90. The van der Waals surface area contributed by atoms with Gasteiger partial charge in [-0.05, 0) is 31.5 Å². The Hall–Kier alpha value is -2.04. The van der Waals surface area contributed by atoms with Crippen molar-refractivity contribution in [2.24, 2.45) is 0 Å². The molecule has 2 amide bonds. The molecule has 1 aromatic carbocycles. The Morgan fingerprint density at radius 3 is 2.28 bits per heavy atom. The minimum absolute atomic E-state index is 0.0201. The second-order valence-electron chi connectivity index (χ2n) is 4.60. The summed E-state index contributed by atoms with van der Waals surface area (Å²) in [7, 11) is 1.53. The molecule has 0 fully saturated rings. The molecule has 0 atom stereocenters. The van der Waals surface area contributed by atoms with Gasteiger partial charge in [0.1, 0.15) is 0 Å². The fourth-order valence-corrected chi connectivity index (χ4v) is 1.50. The van der Waals surface area contributed by atoms with Gasteiger partial charge in [0.15, 0.2) is 0 Å². The Morgan fingerprint density at radius 1 is 1.22 bits per heavy atom. The zero-order valence-corrected chi connectivity index (χ0v) is 10.9. The number of rotatable bonds is 4. The summed E-state index contributed by atoms with van der Waals surface area (Å²) in [4.78, 5) is 23.1. The molecule has 5 nitrogen and oxygen atoms in total. The standard InChI is InChI=1S/C13H19N3O2/c1-13(2,9-4-6-10(14)7-5-9)12(18)16-8-11(17)15-3/h4-7H,8,14H2,1-3H3,(H,15,17)(H,16,18). The van der Waals surface area contributed by atoms with Crippen molar-refractivity contribution < 1.29 is 9.59 Å². The summed E-state index contributed by atoms with van der Waals surface area (Å²) >= 11 is 0. The summed E-state index contributed by atoms with van der Waals surface area (Å²) in [5.74, 6) is -0.424. The summed E-state index contributed by atoms with van der Waals surface area (Å²) in [6.07, 6.45) is 0. The number of hydrogen-bond donors (Lipinski definition) is 3. The van der Waals surface area contributed by atoms with E-state index < -0.39 is 5.41 Å². The maximum absolute atomic E-state index is 12.0. The molecule has 5 heteroatoms. The van der Waals surface area contributed by atoms with E-state index >= 15 is 0 Å². The van der Waals surface area contributed by atoms with E-state index in [0.717, 1.165) is 5.56 Å². The van der Waals surface area contributed by atoms with Crippen LogP contribution in [0.2, 0.25) is 0 Å². The summed E-state index contributed by atoms with van der Waals surface area (Å²) in [5.41, 5.74) is 6.41. The molecule has 0 bridgehead atoms. The zero-order valence-electron chi connectivity index (χ0n) is 10.9. The first-order valence-electron chi connectivity index (χ1n) is 5.73. The van der Waals surface area contributed by atoms with Gasteiger partial charge in [0.25, 0.3) is 0 Å². The number of nitrogen functional groups attached to an aromatic ring is 1. The molecule has 0 radical (unpaired) electrons. The number of anilines is 1. The maximum Gasteiger partial charge on any atom is 0.239 e. The lowest BCUT2D eigenvalue weighted by Crippen LogP contribution is -2.44. The molecule has 0 heterocycles. The van der Waals surface area contributed by atoms with Gasteiger partial charge in [0, 0.05) is 12.7 Å². The zero-order chi connectivity index (χ0) is 13.8. The van der Waals surface area contributed by atoms with Crippen LogP contribution >= 0.6 is 0 Å². The Kier molecular flexibility index (Phi) is 4.31. The van der Waals surface area contributed by atoms with Gasteiger partial charge in [0.05, 0.1) is 12.0 Å². The Morgan fingerprint density at radius 2 is 1.78 bits per heavy atom. The number of carbonyl (C=O) groups is 2. The van der Waals surface area contributed by atoms with E-state index in [4.69, 9.17) is 5.73 Å². The SMILES string of the molecule is CNC(=O)CNC(=O)C(C)(C)c1ccc(N)cc1. The van der Waals surface area contributed by atoms with Crippen molar-refractivity contribution in [3.8, 4) is 0 Å². The van der Waals surface area contributed by atoms with E-state index in [1.54, 1.807) is 26.0 Å². The third-order valence-corrected chi connectivity index (χ3v) is 2.89. The molecule has 0 saturated heterocycles. The second kappa shape index (κ2) is 5.53. The topological polar surface area (TPSA) is 84.2 Å². The molecule has 18 heavy (non-hydrogen) atoms. The monoisotopic (exact) mass is 249 g/mol. The van der Waals surface area contributed by atoms with Crippen molar-refractivity contribution in [3.05, 3.63) is 29.8 Å². The van der Waals surface area contributed by atoms with Crippen LogP contribution in [0.4, 0.5) is 5.69 Å². The molecule has 98 valence electrons. The normalized spacial score (nSPS) is 10.8. The number of nitrogens with one attached hydrogen (secondary N) is 2. The van der Waals surface area contributed by atoms with E-state index in [-0.39, 0.29) is 18.4 Å². The van der Waals surface area contributed by atoms with E-state index in [1.807, 2.05) is 12.1 Å². The fourth-order valence-electron chi connectivity index (χ4n) is 1.50. The Bertz CT molecular complexity index is 438. The first-order valence-corrected chi connectivity index (χ1v) is 5.73. The number of hydrogen-bond acceptors (Lipinski definition) is 3. The molecule has 1 aromatic rings. The van der Waals surface area contributed by atoms with Crippen molar-refractivity contribution >= 4 is 17.5 Å². The average Bonchev–Trinajstić information content (AvgIpc) is 2.35. The second-order valence-corrected chi connectivity index (χ2v) is 4.60.